The molecule has 0 N–H and O–H groups in total. The highest BCUT2D eigenvalue weighted by molar-refractivity contribution is 6.62. The quantitative estimate of drug-likeness (QED) is 0.718. The minimum absolute atomic E-state index is 0.363. The summed E-state index contributed by atoms with van der Waals surface area (Å²) in [6, 6.07) is 5.85. The first-order valence-corrected chi connectivity index (χ1v) is 9.29. The molecular formula is C19H30BNO5. The molecule has 144 valence electrons. The van der Waals surface area contributed by atoms with Crippen molar-refractivity contribution in [2.75, 3.05) is 46.6 Å². The number of methoxy groups -OCH3 is 1. The van der Waals surface area contributed by atoms with Crippen LogP contribution in [0.2, 0.25) is 0 Å². The van der Waals surface area contributed by atoms with Crippen molar-refractivity contribution in [3.63, 3.8) is 0 Å². The first-order chi connectivity index (χ1) is 12.3. The van der Waals surface area contributed by atoms with Crippen LogP contribution in [0.5, 0.6) is 11.5 Å². The Balaban J connectivity index is 1.62. The van der Waals surface area contributed by atoms with Crippen LogP contribution in [-0.4, -0.2) is 69.8 Å². The molecule has 0 aromatic heterocycles. The summed E-state index contributed by atoms with van der Waals surface area (Å²) in [4.78, 5) is 2.34. The number of ether oxygens (including phenoxy) is 3. The first kappa shape index (κ1) is 19.5. The Kier molecular flexibility index (Phi) is 5.82. The minimum Gasteiger partial charge on any atom is -0.493 e. The van der Waals surface area contributed by atoms with Crippen LogP contribution in [0.25, 0.3) is 0 Å². The number of hydrogen-bond donors (Lipinski definition) is 0. The van der Waals surface area contributed by atoms with E-state index in [0.717, 1.165) is 44.1 Å². The predicted octanol–water partition coefficient (Wildman–Crippen LogP) is 1.71. The normalized spacial score (nSPS) is 22.4. The largest absolute Gasteiger partial charge is 0.494 e. The van der Waals surface area contributed by atoms with Crippen molar-refractivity contribution in [2.45, 2.75) is 38.9 Å². The molecule has 1 aromatic carbocycles. The van der Waals surface area contributed by atoms with Crippen molar-refractivity contribution < 1.29 is 23.5 Å². The van der Waals surface area contributed by atoms with Gasteiger partial charge in [0.2, 0.25) is 0 Å². The third kappa shape index (κ3) is 4.17. The summed E-state index contributed by atoms with van der Waals surface area (Å²) in [5, 5.41) is 0. The maximum atomic E-state index is 6.11. The molecule has 0 radical (unpaired) electrons. The second-order valence-corrected chi connectivity index (χ2v) is 7.80. The van der Waals surface area contributed by atoms with Gasteiger partial charge in [-0.3, -0.25) is 4.90 Å². The van der Waals surface area contributed by atoms with Crippen LogP contribution >= 0.6 is 0 Å². The lowest BCUT2D eigenvalue weighted by Gasteiger charge is -2.32. The van der Waals surface area contributed by atoms with Crippen LogP contribution in [0, 0.1) is 0 Å². The monoisotopic (exact) mass is 363 g/mol. The maximum Gasteiger partial charge on any atom is 0.494 e. The molecule has 26 heavy (non-hydrogen) atoms. The fraction of sp³-hybridized carbons (Fsp3) is 0.684. The summed E-state index contributed by atoms with van der Waals surface area (Å²) < 4.78 is 29.1. The van der Waals surface area contributed by atoms with E-state index in [4.69, 9.17) is 23.5 Å². The van der Waals surface area contributed by atoms with Crippen LogP contribution in [0.1, 0.15) is 27.7 Å². The highest BCUT2D eigenvalue weighted by atomic mass is 16.7. The molecule has 2 aliphatic rings. The molecule has 0 saturated carbocycles. The molecule has 2 heterocycles. The molecule has 0 atom stereocenters. The van der Waals surface area contributed by atoms with Gasteiger partial charge in [0.1, 0.15) is 6.61 Å². The third-order valence-corrected chi connectivity index (χ3v) is 5.48. The van der Waals surface area contributed by atoms with Gasteiger partial charge >= 0.3 is 7.12 Å². The number of rotatable bonds is 6. The summed E-state index contributed by atoms with van der Waals surface area (Å²) in [5.74, 6) is 1.43. The Hall–Kier alpha value is -1.28. The van der Waals surface area contributed by atoms with Crippen molar-refractivity contribution in [2.24, 2.45) is 0 Å². The smallest absolute Gasteiger partial charge is 0.493 e. The van der Waals surface area contributed by atoms with Crippen LogP contribution in [0.15, 0.2) is 18.2 Å². The highest BCUT2D eigenvalue weighted by Gasteiger charge is 2.51. The van der Waals surface area contributed by atoms with Gasteiger partial charge in [0, 0.05) is 19.6 Å². The van der Waals surface area contributed by atoms with Gasteiger partial charge in [0.15, 0.2) is 11.5 Å². The van der Waals surface area contributed by atoms with Crippen LogP contribution in [-0.2, 0) is 14.0 Å². The van der Waals surface area contributed by atoms with Crippen molar-refractivity contribution in [3.8, 4) is 11.5 Å². The van der Waals surface area contributed by atoms with Crippen LogP contribution < -0.4 is 14.9 Å². The van der Waals surface area contributed by atoms with E-state index >= 15 is 0 Å². The zero-order valence-corrected chi connectivity index (χ0v) is 16.5. The zero-order chi connectivity index (χ0) is 18.8. The molecule has 2 aliphatic heterocycles. The summed E-state index contributed by atoms with van der Waals surface area (Å²) in [7, 11) is 1.24. The van der Waals surface area contributed by atoms with Gasteiger partial charge in [-0.2, -0.15) is 0 Å². The van der Waals surface area contributed by atoms with Gasteiger partial charge in [-0.05, 0) is 45.3 Å². The molecule has 2 saturated heterocycles. The Morgan fingerprint density at radius 3 is 2.31 bits per heavy atom. The molecule has 0 aliphatic carbocycles. The molecule has 1 aromatic rings. The van der Waals surface area contributed by atoms with Crippen molar-refractivity contribution in [1.82, 2.24) is 4.90 Å². The molecule has 0 spiro atoms. The average molecular weight is 363 g/mol. The van der Waals surface area contributed by atoms with E-state index in [-0.39, 0.29) is 11.2 Å². The first-order valence-electron chi connectivity index (χ1n) is 9.29. The SMILES string of the molecule is COc1cc(B2OC(C)(C)C(C)(C)O2)ccc1OCCN1CCOCC1. The Labute approximate surface area is 156 Å². The molecule has 6 nitrogen and oxygen atoms in total. The Bertz CT molecular complexity index is 600. The van der Waals surface area contributed by atoms with Gasteiger partial charge in [-0.1, -0.05) is 6.07 Å². The third-order valence-electron chi connectivity index (χ3n) is 5.48. The second kappa shape index (κ2) is 7.76. The van der Waals surface area contributed by atoms with Gasteiger partial charge in [0.25, 0.3) is 0 Å². The summed E-state index contributed by atoms with van der Waals surface area (Å²) in [6.07, 6.45) is 0. The molecule has 2 fully saturated rings. The van der Waals surface area contributed by atoms with E-state index in [9.17, 15) is 0 Å². The highest BCUT2D eigenvalue weighted by Crippen LogP contribution is 2.37. The lowest BCUT2D eigenvalue weighted by atomic mass is 9.79. The predicted molar refractivity (Wildman–Crippen MR) is 101 cm³/mol. The van der Waals surface area contributed by atoms with E-state index < -0.39 is 7.12 Å². The molecule has 0 unspecified atom stereocenters. The average Bonchev–Trinajstić information content (AvgIpc) is 2.83. The van der Waals surface area contributed by atoms with Crippen molar-refractivity contribution in [1.29, 1.82) is 0 Å². The fourth-order valence-electron chi connectivity index (χ4n) is 3.04. The molecular weight excluding hydrogens is 333 g/mol. The number of hydrogen-bond acceptors (Lipinski definition) is 6. The second-order valence-electron chi connectivity index (χ2n) is 7.80. The molecule has 3 rings (SSSR count). The van der Waals surface area contributed by atoms with Crippen LogP contribution in [0.4, 0.5) is 0 Å². The number of nitrogens with zero attached hydrogens (tertiary/aromatic N) is 1. The minimum atomic E-state index is -0.406. The standard InChI is InChI=1S/C19H30BNO5/c1-18(2)19(3,4)26-20(25-18)15-6-7-16(17(14-15)22-5)24-13-10-21-8-11-23-12-9-21/h6-7,14H,8-13H2,1-5H3. The van der Waals surface area contributed by atoms with E-state index in [1.54, 1.807) is 7.11 Å². The van der Waals surface area contributed by atoms with Crippen LogP contribution in [0.3, 0.4) is 0 Å². The molecule has 0 amide bonds. The molecule has 7 heteroatoms. The van der Waals surface area contributed by atoms with Gasteiger partial charge < -0.3 is 23.5 Å². The van der Waals surface area contributed by atoms with Crippen molar-refractivity contribution >= 4 is 12.6 Å². The van der Waals surface area contributed by atoms with E-state index in [1.165, 1.54) is 0 Å². The van der Waals surface area contributed by atoms with Crippen molar-refractivity contribution in [3.05, 3.63) is 18.2 Å². The number of morpholine rings is 1. The Morgan fingerprint density at radius 2 is 1.69 bits per heavy atom. The Morgan fingerprint density at radius 1 is 1.04 bits per heavy atom. The topological polar surface area (TPSA) is 49.4 Å². The maximum absolute atomic E-state index is 6.11. The van der Waals surface area contributed by atoms with E-state index in [0.29, 0.717) is 12.4 Å². The van der Waals surface area contributed by atoms with E-state index in [2.05, 4.69) is 4.90 Å². The summed E-state index contributed by atoms with van der Waals surface area (Å²) >= 11 is 0. The van der Waals surface area contributed by atoms with Gasteiger partial charge in [-0.25, -0.2) is 0 Å². The summed E-state index contributed by atoms with van der Waals surface area (Å²) in [6.45, 7) is 13.2. The van der Waals surface area contributed by atoms with E-state index in [1.807, 2.05) is 45.9 Å². The molecule has 0 bridgehead atoms. The van der Waals surface area contributed by atoms with Gasteiger partial charge in [0.05, 0.1) is 31.5 Å². The lowest BCUT2D eigenvalue weighted by Crippen LogP contribution is -2.41. The lowest BCUT2D eigenvalue weighted by molar-refractivity contribution is 0.00578. The fourth-order valence-corrected chi connectivity index (χ4v) is 3.04. The zero-order valence-electron chi connectivity index (χ0n) is 16.5. The number of benzene rings is 1. The van der Waals surface area contributed by atoms with Gasteiger partial charge in [-0.15, -0.1) is 0 Å². The summed E-state index contributed by atoms with van der Waals surface area (Å²) in [5.41, 5.74) is 0.206.